The van der Waals surface area contributed by atoms with Crippen LogP contribution in [-0.4, -0.2) is 22.0 Å². The first-order valence-electron chi connectivity index (χ1n) is 6.85. The lowest BCUT2D eigenvalue weighted by molar-refractivity contribution is 0.246. The molecule has 0 fully saturated rings. The van der Waals surface area contributed by atoms with E-state index in [2.05, 4.69) is 16.4 Å². The summed E-state index contributed by atoms with van der Waals surface area (Å²) in [6.45, 7) is 1.19. The van der Waals surface area contributed by atoms with Crippen molar-refractivity contribution in [1.82, 2.24) is 14.7 Å². The van der Waals surface area contributed by atoms with Crippen molar-refractivity contribution >= 4 is 28.0 Å². The molecule has 0 bridgehead atoms. The van der Waals surface area contributed by atoms with E-state index in [9.17, 15) is 4.79 Å². The Kier molecular flexibility index (Phi) is 2.89. The predicted octanol–water partition coefficient (Wildman–Crippen LogP) is 2.67. The zero-order valence-corrected chi connectivity index (χ0v) is 12.1. The molecule has 6 heteroatoms. The Labute approximate surface area is 125 Å². The van der Waals surface area contributed by atoms with Gasteiger partial charge in [0.15, 0.2) is 4.96 Å². The first-order chi connectivity index (χ1) is 10.3. The van der Waals surface area contributed by atoms with Crippen LogP contribution in [0.3, 0.4) is 0 Å². The Morgan fingerprint density at radius 3 is 3.19 bits per heavy atom. The van der Waals surface area contributed by atoms with Crippen LogP contribution >= 0.6 is 11.3 Å². The van der Waals surface area contributed by atoms with Gasteiger partial charge in [0.1, 0.15) is 0 Å². The number of hydrogen-bond acceptors (Lipinski definition) is 3. The Morgan fingerprint density at radius 2 is 2.29 bits per heavy atom. The van der Waals surface area contributed by atoms with Crippen molar-refractivity contribution in [2.24, 2.45) is 0 Å². The van der Waals surface area contributed by atoms with Crippen LogP contribution < -0.4 is 10.2 Å². The van der Waals surface area contributed by atoms with Gasteiger partial charge in [0.2, 0.25) is 0 Å². The van der Waals surface area contributed by atoms with Crippen molar-refractivity contribution in [3.63, 3.8) is 0 Å². The van der Waals surface area contributed by atoms with Crippen LogP contribution in [0.1, 0.15) is 11.3 Å². The SMILES string of the molecule is O=C(NCc1cn2ccsc2n1)N1CCc2ccccc21. The summed E-state index contributed by atoms with van der Waals surface area (Å²) in [7, 11) is 0. The maximum absolute atomic E-state index is 12.3. The third-order valence-electron chi connectivity index (χ3n) is 3.70. The molecule has 3 aromatic rings. The summed E-state index contributed by atoms with van der Waals surface area (Å²) in [4.78, 5) is 19.5. The van der Waals surface area contributed by atoms with Gasteiger partial charge < -0.3 is 5.32 Å². The number of carbonyl (C=O) groups is 1. The Hall–Kier alpha value is -2.34. The standard InChI is InChI=1S/C15H14N4OS/c20-14(19-6-5-11-3-1-2-4-13(11)19)16-9-12-10-18-7-8-21-15(18)17-12/h1-4,7-8,10H,5-6,9H2,(H,16,20). The number of fused-ring (bicyclic) bond motifs is 2. The smallest absolute Gasteiger partial charge is 0.322 e. The summed E-state index contributed by atoms with van der Waals surface area (Å²) in [6.07, 6.45) is 4.84. The molecule has 1 aromatic carbocycles. The number of hydrogen-bond donors (Lipinski definition) is 1. The number of urea groups is 1. The quantitative estimate of drug-likeness (QED) is 0.791. The van der Waals surface area contributed by atoms with Crippen LogP contribution in [-0.2, 0) is 13.0 Å². The molecular weight excluding hydrogens is 284 g/mol. The Morgan fingerprint density at radius 1 is 1.38 bits per heavy atom. The number of nitrogens with one attached hydrogen (secondary N) is 1. The van der Waals surface area contributed by atoms with Crippen molar-refractivity contribution in [2.45, 2.75) is 13.0 Å². The molecule has 106 valence electrons. The Bertz CT molecular complexity index is 778. The molecule has 2 aromatic heterocycles. The van der Waals surface area contributed by atoms with Gasteiger partial charge in [-0.2, -0.15) is 0 Å². The summed E-state index contributed by atoms with van der Waals surface area (Å²) >= 11 is 1.59. The molecule has 0 saturated carbocycles. The molecule has 4 rings (SSSR count). The number of imidazole rings is 1. The molecule has 0 unspecified atom stereocenters. The highest BCUT2D eigenvalue weighted by Gasteiger charge is 2.23. The molecule has 5 nitrogen and oxygen atoms in total. The van der Waals surface area contributed by atoms with Crippen LogP contribution in [0, 0.1) is 0 Å². The lowest BCUT2D eigenvalue weighted by atomic mass is 10.2. The highest BCUT2D eigenvalue weighted by Crippen LogP contribution is 2.27. The molecular formula is C15H14N4OS. The second-order valence-electron chi connectivity index (χ2n) is 5.01. The number of benzene rings is 1. The van der Waals surface area contributed by atoms with Crippen LogP contribution in [0.2, 0.25) is 0 Å². The van der Waals surface area contributed by atoms with E-state index in [4.69, 9.17) is 0 Å². The number of nitrogens with zero attached hydrogens (tertiary/aromatic N) is 3. The molecule has 21 heavy (non-hydrogen) atoms. The van der Waals surface area contributed by atoms with Crippen molar-refractivity contribution in [2.75, 3.05) is 11.4 Å². The van der Waals surface area contributed by atoms with E-state index in [1.165, 1.54) is 5.56 Å². The van der Waals surface area contributed by atoms with E-state index in [1.54, 1.807) is 16.2 Å². The van der Waals surface area contributed by atoms with Gasteiger partial charge in [-0.15, -0.1) is 11.3 Å². The molecule has 1 N–H and O–H groups in total. The average molecular weight is 298 g/mol. The number of thiazole rings is 1. The molecule has 0 radical (unpaired) electrons. The van der Waals surface area contributed by atoms with Crippen LogP contribution in [0.25, 0.3) is 4.96 Å². The van der Waals surface area contributed by atoms with E-state index < -0.39 is 0 Å². The topological polar surface area (TPSA) is 49.6 Å². The summed E-state index contributed by atoms with van der Waals surface area (Å²) in [5.74, 6) is 0. The number of anilines is 1. The fourth-order valence-corrected chi connectivity index (χ4v) is 3.39. The second-order valence-corrected chi connectivity index (χ2v) is 5.89. The van der Waals surface area contributed by atoms with E-state index in [0.717, 1.165) is 29.3 Å². The van der Waals surface area contributed by atoms with Crippen molar-refractivity contribution in [1.29, 1.82) is 0 Å². The number of amides is 2. The van der Waals surface area contributed by atoms with Gasteiger partial charge >= 0.3 is 6.03 Å². The first kappa shape index (κ1) is 12.4. The molecule has 0 saturated heterocycles. The van der Waals surface area contributed by atoms with E-state index in [-0.39, 0.29) is 6.03 Å². The van der Waals surface area contributed by atoms with E-state index >= 15 is 0 Å². The van der Waals surface area contributed by atoms with Gasteiger partial charge in [-0.3, -0.25) is 9.30 Å². The first-order valence-corrected chi connectivity index (χ1v) is 7.73. The molecule has 2 amide bonds. The zero-order valence-electron chi connectivity index (χ0n) is 11.3. The lowest BCUT2D eigenvalue weighted by Gasteiger charge is -2.17. The lowest BCUT2D eigenvalue weighted by Crippen LogP contribution is -2.38. The minimum Gasteiger partial charge on any atom is -0.332 e. The van der Waals surface area contributed by atoms with Gasteiger partial charge in [0.05, 0.1) is 12.2 Å². The molecule has 1 aliphatic rings. The van der Waals surface area contributed by atoms with Gasteiger partial charge in [-0.1, -0.05) is 18.2 Å². The summed E-state index contributed by atoms with van der Waals surface area (Å²) in [6, 6.07) is 7.99. The maximum Gasteiger partial charge on any atom is 0.322 e. The Balaban J connectivity index is 1.46. The third kappa shape index (κ3) is 2.17. The van der Waals surface area contributed by atoms with Gasteiger partial charge in [0, 0.05) is 30.0 Å². The summed E-state index contributed by atoms with van der Waals surface area (Å²) in [5, 5.41) is 4.94. The molecule has 1 aliphatic heterocycles. The molecule has 0 atom stereocenters. The van der Waals surface area contributed by atoms with Gasteiger partial charge in [-0.25, -0.2) is 9.78 Å². The number of aromatic nitrogens is 2. The number of carbonyl (C=O) groups excluding carboxylic acids is 1. The van der Waals surface area contributed by atoms with Crippen LogP contribution in [0.4, 0.5) is 10.5 Å². The molecule has 0 spiro atoms. The summed E-state index contributed by atoms with van der Waals surface area (Å²) < 4.78 is 1.97. The fraction of sp³-hybridized carbons (Fsp3) is 0.200. The third-order valence-corrected chi connectivity index (χ3v) is 4.47. The van der Waals surface area contributed by atoms with Crippen molar-refractivity contribution < 1.29 is 4.79 Å². The minimum atomic E-state index is -0.0590. The van der Waals surface area contributed by atoms with E-state index in [0.29, 0.717) is 6.54 Å². The monoisotopic (exact) mass is 298 g/mol. The largest absolute Gasteiger partial charge is 0.332 e. The molecule has 0 aliphatic carbocycles. The highest BCUT2D eigenvalue weighted by molar-refractivity contribution is 7.15. The average Bonchev–Trinajstić information content (AvgIpc) is 3.18. The number of para-hydroxylation sites is 1. The minimum absolute atomic E-state index is 0.0590. The fourth-order valence-electron chi connectivity index (χ4n) is 2.67. The zero-order chi connectivity index (χ0) is 14.2. The van der Waals surface area contributed by atoms with Crippen molar-refractivity contribution in [3.05, 3.63) is 53.3 Å². The van der Waals surface area contributed by atoms with Gasteiger partial charge in [-0.05, 0) is 18.1 Å². The van der Waals surface area contributed by atoms with E-state index in [1.807, 2.05) is 40.4 Å². The second kappa shape index (κ2) is 4.89. The van der Waals surface area contributed by atoms with Crippen molar-refractivity contribution in [3.8, 4) is 0 Å². The number of rotatable bonds is 2. The highest BCUT2D eigenvalue weighted by atomic mass is 32.1. The van der Waals surface area contributed by atoms with Crippen LogP contribution in [0.15, 0.2) is 42.0 Å². The summed E-state index contributed by atoms with van der Waals surface area (Å²) in [5.41, 5.74) is 3.12. The van der Waals surface area contributed by atoms with Crippen LogP contribution in [0.5, 0.6) is 0 Å². The maximum atomic E-state index is 12.3. The van der Waals surface area contributed by atoms with Gasteiger partial charge in [0.25, 0.3) is 0 Å². The molecule has 3 heterocycles. The predicted molar refractivity (Wildman–Crippen MR) is 82.8 cm³/mol. The normalized spacial score (nSPS) is 13.6.